The summed E-state index contributed by atoms with van der Waals surface area (Å²) in [4.78, 5) is 20.9. The van der Waals surface area contributed by atoms with Crippen molar-refractivity contribution in [3.05, 3.63) is 95.0 Å². The van der Waals surface area contributed by atoms with Crippen LogP contribution in [-0.4, -0.2) is 25.4 Å². The summed E-state index contributed by atoms with van der Waals surface area (Å²) in [5, 5.41) is 10.0. The number of carbonyl (C=O) groups excluding carboxylic acids is 1. The Morgan fingerprint density at radius 2 is 1.77 bits per heavy atom. The third-order valence-corrected chi connectivity index (χ3v) is 4.67. The Balaban J connectivity index is 1.48. The first kappa shape index (κ1) is 19.8. The molecule has 0 fully saturated rings. The third-order valence-electron chi connectivity index (χ3n) is 4.67. The van der Waals surface area contributed by atoms with Crippen molar-refractivity contribution in [1.82, 2.24) is 14.5 Å². The van der Waals surface area contributed by atoms with E-state index in [0.717, 1.165) is 28.6 Å². The Bertz CT molecular complexity index is 1230. The first-order chi connectivity index (χ1) is 14.4. The lowest BCUT2D eigenvalue weighted by Crippen LogP contribution is -2.05. The van der Waals surface area contributed by atoms with Gasteiger partial charge < -0.3 is 9.67 Å². The van der Waals surface area contributed by atoms with Gasteiger partial charge in [-0.1, -0.05) is 12.1 Å². The first-order valence-electron chi connectivity index (χ1n) is 9.11. The van der Waals surface area contributed by atoms with E-state index >= 15 is 0 Å². The quantitative estimate of drug-likeness (QED) is 0.387. The molecule has 0 aliphatic carbocycles. The summed E-state index contributed by atoms with van der Waals surface area (Å²) < 4.78 is 41.3. The molecule has 8 heteroatoms. The van der Waals surface area contributed by atoms with Gasteiger partial charge in [-0.3, -0.25) is 9.78 Å². The van der Waals surface area contributed by atoms with E-state index in [1.54, 1.807) is 18.2 Å². The molecule has 0 spiro atoms. The Labute approximate surface area is 169 Å². The number of rotatable bonds is 6. The molecule has 0 unspecified atom stereocenters. The molecule has 0 saturated carbocycles. The van der Waals surface area contributed by atoms with Gasteiger partial charge in [0, 0.05) is 24.5 Å². The number of carbonyl (C=O) groups is 1. The topological polar surface area (TPSA) is 68.0 Å². The SMILES string of the molecule is O=C(Cc1ccc2nc(CO)ccc2c1)c1cn(Cc2cc(F)c(F)c(F)c2)cn1. The summed E-state index contributed by atoms with van der Waals surface area (Å²) >= 11 is 0. The average Bonchev–Trinajstić information content (AvgIpc) is 3.20. The number of pyridine rings is 1. The summed E-state index contributed by atoms with van der Waals surface area (Å²) in [6, 6.07) is 10.8. The number of Topliss-reactive ketones (excluding diaryl/α,β-unsaturated/α-hetero) is 1. The van der Waals surface area contributed by atoms with E-state index < -0.39 is 17.5 Å². The molecule has 0 saturated heterocycles. The number of hydrogen-bond acceptors (Lipinski definition) is 4. The standard InChI is InChI=1S/C22H16F3N3O2/c23-17-6-14(7-18(24)22(17)25)9-28-10-20(26-12-28)21(30)8-13-1-4-19-15(5-13)2-3-16(11-29)27-19/h1-7,10,12,29H,8-9,11H2. The molecule has 0 radical (unpaired) electrons. The fourth-order valence-electron chi connectivity index (χ4n) is 3.19. The zero-order valence-electron chi connectivity index (χ0n) is 15.6. The fraction of sp³-hybridized carbons (Fsp3) is 0.136. The van der Waals surface area contributed by atoms with Crippen molar-refractivity contribution in [3.63, 3.8) is 0 Å². The molecule has 0 amide bonds. The molecular weight excluding hydrogens is 395 g/mol. The van der Waals surface area contributed by atoms with Gasteiger partial charge in [-0.05, 0) is 41.5 Å². The number of hydrogen-bond donors (Lipinski definition) is 1. The second-order valence-electron chi connectivity index (χ2n) is 6.89. The number of benzene rings is 2. The summed E-state index contributed by atoms with van der Waals surface area (Å²) in [7, 11) is 0. The van der Waals surface area contributed by atoms with E-state index in [1.807, 2.05) is 12.1 Å². The van der Waals surface area contributed by atoms with Crippen LogP contribution >= 0.6 is 0 Å². The van der Waals surface area contributed by atoms with Gasteiger partial charge >= 0.3 is 0 Å². The van der Waals surface area contributed by atoms with Crippen molar-refractivity contribution in [2.24, 2.45) is 0 Å². The minimum absolute atomic E-state index is 0.0449. The molecule has 2 aromatic heterocycles. The van der Waals surface area contributed by atoms with Gasteiger partial charge in [0.15, 0.2) is 23.2 Å². The van der Waals surface area contributed by atoms with Crippen LogP contribution in [-0.2, 0) is 19.6 Å². The number of nitrogens with zero attached hydrogens (tertiary/aromatic N) is 3. The van der Waals surface area contributed by atoms with E-state index in [0.29, 0.717) is 5.69 Å². The Hall–Kier alpha value is -3.52. The van der Waals surface area contributed by atoms with Gasteiger partial charge in [0.05, 0.1) is 24.1 Å². The monoisotopic (exact) mass is 411 g/mol. The van der Waals surface area contributed by atoms with Crippen LogP contribution in [0.25, 0.3) is 10.9 Å². The number of aliphatic hydroxyl groups is 1. The highest BCUT2D eigenvalue weighted by atomic mass is 19.2. The Morgan fingerprint density at radius 1 is 1.00 bits per heavy atom. The zero-order valence-corrected chi connectivity index (χ0v) is 15.6. The van der Waals surface area contributed by atoms with Crippen molar-refractivity contribution in [2.45, 2.75) is 19.6 Å². The van der Waals surface area contributed by atoms with Crippen molar-refractivity contribution in [1.29, 1.82) is 0 Å². The maximum Gasteiger partial charge on any atom is 0.194 e. The Kier molecular flexibility index (Phi) is 5.33. The highest BCUT2D eigenvalue weighted by molar-refractivity contribution is 5.96. The van der Waals surface area contributed by atoms with Crippen LogP contribution in [0.3, 0.4) is 0 Å². The van der Waals surface area contributed by atoms with E-state index in [4.69, 9.17) is 5.11 Å². The summed E-state index contributed by atoms with van der Waals surface area (Å²) in [5.41, 5.74) is 2.50. The second-order valence-corrected chi connectivity index (χ2v) is 6.89. The first-order valence-corrected chi connectivity index (χ1v) is 9.11. The van der Waals surface area contributed by atoms with E-state index in [1.165, 1.54) is 17.1 Å². The van der Waals surface area contributed by atoms with E-state index in [-0.39, 0.29) is 36.6 Å². The largest absolute Gasteiger partial charge is 0.390 e. The number of fused-ring (bicyclic) bond motifs is 1. The van der Waals surface area contributed by atoms with Crippen LogP contribution < -0.4 is 0 Å². The number of ketones is 1. The predicted molar refractivity (Wildman–Crippen MR) is 103 cm³/mol. The molecule has 30 heavy (non-hydrogen) atoms. The molecule has 5 nitrogen and oxygen atoms in total. The minimum atomic E-state index is -1.52. The van der Waals surface area contributed by atoms with Crippen molar-refractivity contribution in [2.75, 3.05) is 0 Å². The number of imidazole rings is 1. The molecule has 2 aromatic carbocycles. The number of halogens is 3. The van der Waals surface area contributed by atoms with Crippen LogP contribution in [0.15, 0.2) is 55.0 Å². The molecule has 2 heterocycles. The average molecular weight is 411 g/mol. The molecule has 0 atom stereocenters. The van der Waals surface area contributed by atoms with Gasteiger partial charge in [-0.2, -0.15) is 0 Å². The van der Waals surface area contributed by atoms with E-state index in [9.17, 15) is 18.0 Å². The molecule has 0 bridgehead atoms. The molecule has 152 valence electrons. The smallest absolute Gasteiger partial charge is 0.194 e. The zero-order chi connectivity index (χ0) is 21.3. The van der Waals surface area contributed by atoms with Crippen molar-refractivity contribution < 1.29 is 23.1 Å². The lowest BCUT2D eigenvalue weighted by Gasteiger charge is -2.05. The lowest BCUT2D eigenvalue weighted by molar-refractivity contribution is 0.0988. The van der Waals surface area contributed by atoms with Gasteiger partial charge in [0.2, 0.25) is 0 Å². The van der Waals surface area contributed by atoms with Crippen LogP contribution in [0.2, 0.25) is 0 Å². The second kappa shape index (κ2) is 8.08. The van der Waals surface area contributed by atoms with Crippen LogP contribution in [0.5, 0.6) is 0 Å². The normalized spacial score (nSPS) is 11.2. The molecular formula is C22H16F3N3O2. The van der Waals surface area contributed by atoms with Gasteiger partial charge in [0.1, 0.15) is 5.69 Å². The summed E-state index contributed by atoms with van der Waals surface area (Å²) in [5.74, 6) is -4.26. The highest BCUT2D eigenvalue weighted by Gasteiger charge is 2.14. The van der Waals surface area contributed by atoms with E-state index in [2.05, 4.69) is 9.97 Å². The van der Waals surface area contributed by atoms with Crippen molar-refractivity contribution in [3.8, 4) is 0 Å². The fourth-order valence-corrected chi connectivity index (χ4v) is 3.19. The minimum Gasteiger partial charge on any atom is -0.390 e. The van der Waals surface area contributed by atoms with Gasteiger partial charge in [-0.15, -0.1) is 0 Å². The molecule has 0 aliphatic heterocycles. The number of aromatic nitrogens is 3. The summed E-state index contributed by atoms with van der Waals surface area (Å²) in [6.07, 6.45) is 2.99. The molecule has 4 aromatic rings. The van der Waals surface area contributed by atoms with Crippen molar-refractivity contribution >= 4 is 16.7 Å². The van der Waals surface area contributed by atoms with Gasteiger partial charge in [0.25, 0.3) is 0 Å². The number of aliphatic hydroxyl groups excluding tert-OH is 1. The lowest BCUT2D eigenvalue weighted by atomic mass is 10.0. The van der Waals surface area contributed by atoms with Crippen LogP contribution in [0.4, 0.5) is 13.2 Å². The van der Waals surface area contributed by atoms with Crippen LogP contribution in [0, 0.1) is 17.5 Å². The highest BCUT2D eigenvalue weighted by Crippen LogP contribution is 2.18. The van der Waals surface area contributed by atoms with Crippen LogP contribution in [0.1, 0.15) is 27.3 Å². The third kappa shape index (κ3) is 4.08. The summed E-state index contributed by atoms with van der Waals surface area (Å²) in [6.45, 7) is -0.0979. The molecule has 1 N–H and O–H groups in total. The van der Waals surface area contributed by atoms with Gasteiger partial charge in [-0.25, -0.2) is 18.2 Å². The maximum absolute atomic E-state index is 13.4. The molecule has 0 aliphatic rings. The predicted octanol–water partition coefficient (Wildman–Crippen LogP) is 3.81. The Morgan fingerprint density at radius 3 is 2.50 bits per heavy atom. The maximum atomic E-state index is 13.4. The molecule has 4 rings (SSSR count).